The summed E-state index contributed by atoms with van der Waals surface area (Å²) in [5.74, 6) is -0.382. The third-order valence-corrected chi connectivity index (χ3v) is 5.76. The Morgan fingerprint density at radius 1 is 1.31 bits per heavy atom. The number of aromatic nitrogens is 2. The quantitative estimate of drug-likeness (QED) is 0.587. The highest BCUT2D eigenvalue weighted by atomic mass is 32.1. The molecule has 3 heterocycles. The van der Waals surface area contributed by atoms with Crippen molar-refractivity contribution in [2.45, 2.75) is 19.4 Å². The number of benzene rings is 2. The number of nitrogens with zero attached hydrogens (tertiary/aromatic N) is 2. The van der Waals surface area contributed by atoms with E-state index in [9.17, 15) is 9.59 Å². The molecule has 0 radical (unpaired) electrons. The number of anilines is 1. The number of para-hydroxylation sites is 1. The van der Waals surface area contributed by atoms with E-state index in [1.165, 1.54) is 11.5 Å². The zero-order valence-corrected chi connectivity index (χ0v) is 14.8. The van der Waals surface area contributed by atoms with Crippen molar-refractivity contribution in [1.29, 1.82) is 0 Å². The topological polar surface area (TPSA) is 64.0 Å². The van der Waals surface area contributed by atoms with Gasteiger partial charge >= 0.3 is 0 Å². The second-order valence-electron chi connectivity index (χ2n) is 6.68. The van der Waals surface area contributed by atoms with Crippen LogP contribution in [-0.2, 0) is 6.42 Å². The average molecular weight is 361 g/mol. The van der Waals surface area contributed by atoms with Crippen LogP contribution in [0.3, 0.4) is 0 Å². The van der Waals surface area contributed by atoms with Gasteiger partial charge in [0, 0.05) is 34.9 Å². The first-order chi connectivity index (χ1) is 12.6. The fourth-order valence-electron chi connectivity index (χ4n) is 3.73. The molecule has 1 amide bonds. The van der Waals surface area contributed by atoms with Crippen molar-refractivity contribution < 1.29 is 4.79 Å². The molecule has 1 aliphatic heterocycles. The van der Waals surface area contributed by atoms with Crippen LogP contribution in [0.15, 0.2) is 53.6 Å². The molecule has 1 N–H and O–H groups in total. The second kappa shape index (κ2) is 5.51. The van der Waals surface area contributed by atoms with Gasteiger partial charge in [0.2, 0.25) is 5.43 Å². The molecule has 6 heteroatoms. The van der Waals surface area contributed by atoms with Gasteiger partial charge in [0.15, 0.2) is 0 Å². The van der Waals surface area contributed by atoms with Gasteiger partial charge in [0.25, 0.3) is 5.91 Å². The normalized spacial score (nSPS) is 15.7. The van der Waals surface area contributed by atoms with E-state index < -0.39 is 0 Å². The minimum Gasteiger partial charge on any atom is -0.343 e. The summed E-state index contributed by atoms with van der Waals surface area (Å²) in [4.78, 5) is 25.7. The number of nitrogens with one attached hydrogen (secondary N) is 1. The lowest BCUT2D eigenvalue weighted by Gasteiger charge is -2.12. The molecule has 0 saturated carbocycles. The molecule has 0 aliphatic carbocycles. The highest BCUT2D eigenvalue weighted by Gasteiger charge is 2.24. The Morgan fingerprint density at radius 3 is 3.08 bits per heavy atom. The molecular formula is C20H15N3O2S. The Kier molecular flexibility index (Phi) is 3.24. The summed E-state index contributed by atoms with van der Waals surface area (Å²) in [6.45, 7) is 2.10. The molecule has 1 aliphatic rings. The summed E-state index contributed by atoms with van der Waals surface area (Å²) >= 11 is 1.41. The first-order valence-electron chi connectivity index (χ1n) is 8.44. The first-order valence-corrected chi connectivity index (χ1v) is 9.22. The summed E-state index contributed by atoms with van der Waals surface area (Å²) in [6, 6.07) is 11.6. The van der Waals surface area contributed by atoms with Crippen LogP contribution in [0.2, 0.25) is 0 Å². The highest BCUT2D eigenvalue weighted by molar-refractivity contribution is 7.13. The van der Waals surface area contributed by atoms with E-state index in [1.807, 2.05) is 34.9 Å². The van der Waals surface area contributed by atoms with Gasteiger partial charge in [0.1, 0.15) is 5.56 Å². The van der Waals surface area contributed by atoms with Gasteiger partial charge in [-0.1, -0.05) is 12.1 Å². The van der Waals surface area contributed by atoms with E-state index in [4.69, 9.17) is 0 Å². The molecule has 2 aromatic heterocycles. The number of carbonyl (C=O) groups is 1. The van der Waals surface area contributed by atoms with Crippen molar-refractivity contribution in [2.75, 3.05) is 5.32 Å². The molecule has 26 heavy (non-hydrogen) atoms. The van der Waals surface area contributed by atoms with Gasteiger partial charge in [-0.3, -0.25) is 9.59 Å². The van der Waals surface area contributed by atoms with Crippen molar-refractivity contribution in [3.8, 4) is 0 Å². The predicted molar refractivity (Wildman–Crippen MR) is 104 cm³/mol. The Hall–Kier alpha value is -2.99. The number of amides is 1. The Labute approximate surface area is 153 Å². The SMILES string of the molecule is C[C@@H]1Cc2cccc3c(=O)c(C(=O)Nc4ccc5sncc5c4)cn1c23. The summed E-state index contributed by atoms with van der Waals surface area (Å²) in [5, 5.41) is 4.43. The molecule has 2 aromatic carbocycles. The standard InChI is InChI=1S/C20H15N3O2S/c1-11-7-12-3-2-4-15-18(12)23(11)10-16(19(15)24)20(25)22-14-5-6-17-13(8-14)9-21-26-17/h2-6,8-11H,7H2,1H3,(H,22,25)/t11-/m1/s1. The number of hydrogen-bond donors (Lipinski definition) is 1. The second-order valence-corrected chi connectivity index (χ2v) is 7.51. The fourth-order valence-corrected chi connectivity index (χ4v) is 4.35. The maximum Gasteiger partial charge on any atom is 0.261 e. The van der Waals surface area contributed by atoms with Crippen LogP contribution < -0.4 is 10.7 Å². The summed E-state index contributed by atoms with van der Waals surface area (Å²) < 4.78 is 7.25. The van der Waals surface area contributed by atoms with E-state index >= 15 is 0 Å². The van der Waals surface area contributed by atoms with E-state index in [0.29, 0.717) is 11.1 Å². The number of hydrogen-bond acceptors (Lipinski definition) is 4. The van der Waals surface area contributed by atoms with Crippen LogP contribution in [0.4, 0.5) is 5.69 Å². The Bertz CT molecular complexity index is 1260. The summed E-state index contributed by atoms with van der Waals surface area (Å²) in [5.41, 5.74) is 2.72. The van der Waals surface area contributed by atoms with E-state index in [0.717, 1.165) is 27.6 Å². The smallest absolute Gasteiger partial charge is 0.261 e. The van der Waals surface area contributed by atoms with Crippen molar-refractivity contribution in [3.63, 3.8) is 0 Å². The minimum absolute atomic E-state index is 0.173. The number of rotatable bonds is 2. The van der Waals surface area contributed by atoms with E-state index in [2.05, 4.69) is 16.6 Å². The number of carbonyl (C=O) groups excluding carboxylic acids is 1. The van der Waals surface area contributed by atoms with Crippen LogP contribution in [0.5, 0.6) is 0 Å². The Morgan fingerprint density at radius 2 is 2.19 bits per heavy atom. The van der Waals surface area contributed by atoms with E-state index in [-0.39, 0.29) is 22.9 Å². The predicted octanol–water partition coefficient (Wildman–Crippen LogP) is 3.98. The maximum absolute atomic E-state index is 12.9. The lowest BCUT2D eigenvalue weighted by atomic mass is 10.1. The van der Waals surface area contributed by atoms with E-state index in [1.54, 1.807) is 18.5 Å². The van der Waals surface area contributed by atoms with Crippen molar-refractivity contribution in [1.82, 2.24) is 8.94 Å². The summed E-state index contributed by atoms with van der Waals surface area (Å²) in [6.07, 6.45) is 4.35. The van der Waals surface area contributed by atoms with Gasteiger partial charge < -0.3 is 9.88 Å². The van der Waals surface area contributed by atoms with Gasteiger partial charge in [-0.05, 0) is 54.7 Å². The van der Waals surface area contributed by atoms with Crippen LogP contribution in [0.1, 0.15) is 28.9 Å². The molecule has 0 saturated heterocycles. The zero-order valence-electron chi connectivity index (χ0n) is 14.0. The fraction of sp³-hybridized carbons (Fsp3) is 0.150. The molecule has 1 atom stereocenters. The summed E-state index contributed by atoms with van der Waals surface area (Å²) in [7, 11) is 0. The monoisotopic (exact) mass is 361 g/mol. The molecular weight excluding hydrogens is 346 g/mol. The molecule has 0 fully saturated rings. The Balaban J connectivity index is 1.60. The van der Waals surface area contributed by atoms with Crippen molar-refractivity contribution in [2.24, 2.45) is 0 Å². The van der Waals surface area contributed by atoms with Gasteiger partial charge in [-0.2, -0.15) is 4.37 Å². The van der Waals surface area contributed by atoms with Crippen LogP contribution >= 0.6 is 11.5 Å². The first kappa shape index (κ1) is 15.3. The van der Waals surface area contributed by atoms with Crippen molar-refractivity contribution >= 4 is 44.1 Å². The molecule has 0 spiro atoms. The number of fused-ring (bicyclic) bond motifs is 1. The van der Waals surface area contributed by atoms with Crippen LogP contribution in [0, 0.1) is 0 Å². The molecule has 0 bridgehead atoms. The third-order valence-electron chi connectivity index (χ3n) is 4.98. The largest absolute Gasteiger partial charge is 0.343 e. The minimum atomic E-state index is -0.382. The van der Waals surface area contributed by atoms with Crippen molar-refractivity contribution in [3.05, 3.63) is 70.1 Å². The third kappa shape index (κ3) is 2.19. The van der Waals surface area contributed by atoms with Gasteiger partial charge in [-0.25, -0.2) is 0 Å². The highest BCUT2D eigenvalue weighted by Crippen LogP contribution is 2.31. The zero-order chi connectivity index (χ0) is 17.8. The lowest BCUT2D eigenvalue weighted by molar-refractivity contribution is 0.102. The molecule has 0 unspecified atom stereocenters. The van der Waals surface area contributed by atoms with Crippen LogP contribution in [0.25, 0.3) is 21.0 Å². The maximum atomic E-state index is 12.9. The molecule has 5 nitrogen and oxygen atoms in total. The molecule has 5 rings (SSSR count). The number of pyridine rings is 1. The lowest BCUT2D eigenvalue weighted by Crippen LogP contribution is -2.23. The molecule has 128 valence electrons. The van der Waals surface area contributed by atoms with Crippen LogP contribution in [-0.4, -0.2) is 14.8 Å². The molecule has 4 aromatic rings. The van der Waals surface area contributed by atoms with Gasteiger partial charge in [0.05, 0.1) is 10.2 Å². The average Bonchev–Trinajstić information content (AvgIpc) is 3.22. The van der Waals surface area contributed by atoms with Gasteiger partial charge in [-0.15, -0.1) is 0 Å².